The van der Waals surface area contributed by atoms with Crippen LogP contribution in [0, 0.1) is 13.8 Å². The number of hydrogen-bond acceptors (Lipinski definition) is 6. The summed E-state index contributed by atoms with van der Waals surface area (Å²) in [6.07, 6.45) is 0. The van der Waals surface area contributed by atoms with Crippen molar-refractivity contribution in [2.75, 3.05) is 5.32 Å². The summed E-state index contributed by atoms with van der Waals surface area (Å²) in [5.74, 6) is 1.24. The average Bonchev–Trinajstić information content (AvgIpc) is 3.10. The molecule has 0 atom stereocenters. The quantitative estimate of drug-likeness (QED) is 0.800. The molecule has 0 aliphatic carbocycles. The maximum Gasteiger partial charge on any atom is 0.276 e. The molecule has 0 spiro atoms. The highest BCUT2D eigenvalue weighted by atomic mass is 32.1. The Morgan fingerprint density at radius 1 is 1.20 bits per heavy atom. The summed E-state index contributed by atoms with van der Waals surface area (Å²) in [4.78, 5) is 20.5. The summed E-state index contributed by atoms with van der Waals surface area (Å²) >= 11 is 2.77. The molecule has 3 aromatic rings. The number of carbonyl (C=O) groups is 1. The number of aromatic nitrogens is 2. The fraction of sp³-hybridized carbons (Fsp3) is 0.154. The van der Waals surface area contributed by atoms with E-state index in [0.717, 1.165) is 11.5 Å². The second-order valence-corrected chi connectivity index (χ2v) is 5.91. The molecule has 1 N–H and O–H groups in total. The highest BCUT2D eigenvalue weighted by Crippen LogP contribution is 2.26. The third kappa shape index (κ3) is 2.63. The Morgan fingerprint density at radius 2 is 2.05 bits per heavy atom. The Labute approximate surface area is 123 Å². The lowest BCUT2D eigenvalue weighted by Crippen LogP contribution is -2.12. The molecule has 0 aliphatic rings. The first kappa shape index (κ1) is 13.0. The van der Waals surface area contributed by atoms with Gasteiger partial charge in [-0.2, -0.15) is 0 Å². The molecule has 0 radical (unpaired) electrons. The third-order valence-corrected chi connectivity index (χ3v) is 4.26. The number of rotatable bonds is 3. The van der Waals surface area contributed by atoms with Crippen LogP contribution in [0.4, 0.5) is 5.13 Å². The van der Waals surface area contributed by atoms with Crippen molar-refractivity contribution in [2.24, 2.45) is 0 Å². The van der Waals surface area contributed by atoms with E-state index in [9.17, 15) is 4.79 Å². The van der Waals surface area contributed by atoms with Crippen molar-refractivity contribution >= 4 is 33.7 Å². The van der Waals surface area contributed by atoms with E-state index in [4.69, 9.17) is 4.42 Å². The van der Waals surface area contributed by atoms with Gasteiger partial charge in [0.1, 0.15) is 11.5 Å². The van der Waals surface area contributed by atoms with Crippen molar-refractivity contribution in [1.29, 1.82) is 0 Å². The van der Waals surface area contributed by atoms with Crippen LogP contribution in [0.5, 0.6) is 0 Å². The van der Waals surface area contributed by atoms with Crippen LogP contribution >= 0.6 is 22.7 Å². The molecule has 3 rings (SSSR count). The van der Waals surface area contributed by atoms with Crippen LogP contribution in [0.3, 0.4) is 0 Å². The Hall–Kier alpha value is -1.99. The maximum atomic E-state index is 12.0. The molecule has 102 valence electrons. The van der Waals surface area contributed by atoms with Gasteiger partial charge in [0.15, 0.2) is 15.9 Å². The number of nitrogens with one attached hydrogen (secondary N) is 1. The van der Waals surface area contributed by atoms with Gasteiger partial charge in [0.05, 0.1) is 5.69 Å². The van der Waals surface area contributed by atoms with Gasteiger partial charge in [-0.25, -0.2) is 9.97 Å². The van der Waals surface area contributed by atoms with E-state index >= 15 is 0 Å². The number of amides is 1. The first-order valence-electron chi connectivity index (χ1n) is 5.87. The van der Waals surface area contributed by atoms with Gasteiger partial charge in [-0.05, 0) is 26.0 Å². The first-order chi connectivity index (χ1) is 9.61. The van der Waals surface area contributed by atoms with Gasteiger partial charge in [-0.15, -0.1) is 22.7 Å². The third-order valence-electron chi connectivity index (χ3n) is 2.53. The van der Waals surface area contributed by atoms with Crippen molar-refractivity contribution in [2.45, 2.75) is 13.8 Å². The molecular formula is C13H11N3O2S2. The molecule has 7 heteroatoms. The minimum Gasteiger partial charge on any atom is -0.459 e. The summed E-state index contributed by atoms with van der Waals surface area (Å²) in [5.41, 5.74) is 1.25. The molecule has 0 saturated carbocycles. The smallest absolute Gasteiger partial charge is 0.276 e. The molecule has 0 bridgehead atoms. The van der Waals surface area contributed by atoms with E-state index in [1.54, 1.807) is 5.38 Å². The molecule has 3 heterocycles. The molecule has 0 unspecified atom stereocenters. The fourth-order valence-electron chi connectivity index (χ4n) is 1.61. The van der Waals surface area contributed by atoms with Gasteiger partial charge >= 0.3 is 0 Å². The van der Waals surface area contributed by atoms with Crippen LogP contribution in [0.25, 0.3) is 10.8 Å². The molecule has 0 aliphatic heterocycles. The number of carbonyl (C=O) groups excluding carboxylic acids is 1. The lowest BCUT2D eigenvalue weighted by atomic mass is 10.4. The predicted molar refractivity (Wildman–Crippen MR) is 79.4 cm³/mol. The summed E-state index contributed by atoms with van der Waals surface area (Å²) in [7, 11) is 0. The fourth-order valence-corrected chi connectivity index (χ4v) is 3.06. The second-order valence-electron chi connectivity index (χ2n) is 4.20. The van der Waals surface area contributed by atoms with Gasteiger partial charge in [-0.1, -0.05) is 0 Å². The molecule has 0 aromatic carbocycles. The van der Waals surface area contributed by atoms with Crippen LogP contribution in [0.15, 0.2) is 27.3 Å². The minimum atomic E-state index is -0.259. The van der Waals surface area contributed by atoms with Gasteiger partial charge in [0.25, 0.3) is 5.91 Å². The van der Waals surface area contributed by atoms with Gasteiger partial charge in [0.2, 0.25) is 0 Å². The Kier molecular flexibility index (Phi) is 3.37. The largest absolute Gasteiger partial charge is 0.459 e. The van der Waals surface area contributed by atoms with E-state index in [-0.39, 0.29) is 5.91 Å². The Balaban J connectivity index is 1.78. The molecule has 1 amide bonds. The Morgan fingerprint density at radius 3 is 2.70 bits per heavy atom. The SMILES string of the molecule is Cc1csc(NC(=O)c2csc(-c3ccc(C)o3)n2)n1. The Bertz CT molecular complexity index is 757. The summed E-state index contributed by atoms with van der Waals surface area (Å²) in [6, 6.07) is 3.72. The van der Waals surface area contributed by atoms with E-state index < -0.39 is 0 Å². The topological polar surface area (TPSA) is 68.0 Å². The standard InChI is InChI=1S/C13H11N3O2S2/c1-7-5-20-13(14-7)16-11(17)9-6-19-12(15-9)10-4-3-8(2)18-10/h3-6H,1-2H3,(H,14,16,17). The predicted octanol–water partition coefficient (Wildman–Crippen LogP) is 3.73. The maximum absolute atomic E-state index is 12.0. The normalized spacial score (nSPS) is 10.7. The number of hydrogen-bond donors (Lipinski definition) is 1. The van der Waals surface area contributed by atoms with Crippen LogP contribution in [-0.4, -0.2) is 15.9 Å². The number of nitrogens with zero attached hydrogens (tertiary/aromatic N) is 2. The van der Waals surface area contributed by atoms with E-state index in [2.05, 4.69) is 15.3 Å². The van der Waals surface area contributed by atoms with Crippen LogP contribution in [0.2, 0.25) is 0 Å². The first-order valence-corrected chi connectivity index (χ1v) is 7.63. The zero-order valence-corrected chi connectivity index (χ0v) is 12.5. The number of aryl methyl sites for hydroxylation is 2. The van der Waals surface area contributed by atoms with Gasteiger partial charge in [-0.3, -0.25) is 10.1 Å². The average molecular weight is 305 g/mol. The zero-order valence-electron chi connectivity index (χ0n) is 10.8. The van der Waals surface area contributed by atoms with Crippen LogP contribution < -0.4 is 5.32 Å². The lowest BCUT2D eigenvalue weighted by Gasteiger charge is -1.96. The molecule has 0 saturated heterocycles. The van der Waals surface area contributed by atoms with Crippen molar-refractivity contribution in [3.05, 3.63) is 40.0 Å². The lowest BCUT2D eigenvalue weighted by molar-refractivity contribution is 0.102. The van der Waals surface area contributed by atoms with Crippen molar-refractivity contribution in [3.63, 3.8) is 0 Å². The van der Waals surface area contributed by atoms with Crippen molar-refractivity contribution < 1.29 is 9.21 Å². The number of thiazole rings is 2. The second kappa shape index (κ2) is 5.18. The molecule has 5 nitrogen and oxygen atoms in total. The summed E-state index contributed by atoms with van der Waals surface area (Å²) in [6.45, 7) is 3.75. The van der Waals surface area contributed by atoms with Crippen molar-refractivity contribution in [3.8, 4) is 10.8 Å². The number of furan rings is 1. The van der Waals surface area contributed by atoms with E-state index in [1.807, 2.05) is 31.4 Å². The van der Waals surface area contributed by atoms with Gasteiger partial charge in [0, 0.05) is 10.8 Å². The highest BCUT2D eigenvalue weighted by Gasteiger charge is 2.14. The summed E-state index contributed by atoms with van der Waals surface area (Å²) in [5, 5.41) is 7.60. The number of anilines is 1. The van der Waals surface area contributed by atoms with E-state index in [0.29, 0.717) is 21.6 Å². The van der Waals surface area contributed by atoms with Crippen LogP contribution in [0.1, 0.15) is 21.9 Å². The monoisotopic (exact) mass is 305 g/mol. The highest BCUT2D eigenvalue weighted by molar-refractivity contribution is 7.14. The minimum absolute atomic E-state index is 0.259. The van der Waals surface area contributed by atoms with Gasteiger partial charge < -0.3 is 4.42 Å². The van der Waals surface area contributed by atoms with Crippen LogP contribution in [-0.2, 0) is 0 Å². The van der Waals surface area contributed by atoms with E-state index in [1.165, 1.54) is 22.7 Å². The molecule has 0 fully saturated rings. The molecule has 3 aromatic heterocycles. The van der Waals surface area contributed by atoms with Crippen molar-refractivity contribution in [1.82, 2.24) is 9.97 Å². The molecular weight excluding hydrogens is 294 g/mol. The summed E-state index contributed by atoms with van der Waals surface area (Å²) < 4.78 is 5.49. The molecule has 20 heavy (non-hydrogen) atoms. The zero-order chi connectivity index (χ0) is 14.1.